The minimum Gasteiger partial charge on any atom is -0.481 e. The van der Waals surface area contributed by atoms with E-state index in [4.69, 9.17) is 0 Å². The van der Waals surface area contributed by atoms with Crippen molar-refractivity contribution in [1.29, 1.82) is 0 Å². The van der Waals surface area contributed by atoms with Gasteiger partial charge in [0.1, 0.15) is 0 Å². The summed E-state index contributed by atoms with van der Waals surface area (Å²) in [5.74, 6) is -1.38. The van der Waals surface area contributed by atoms with Crippen LogP contribution in [0.3, 0.4) is 0 Å². The smallest absolute Gasteiger partial charge is 0.309 e. The number of carboxylic acid groups (broad SMARTS) is 1. The number of carboxylic acids is 1. The van der Waals surface area contributed by atoms with E-state index in [1.54, 1.807) is 11.1 Å². The number of aliphatic carboxylic acids is 1. The van der Waals surface area contributed by atoms with Crippen LogP contribution in [0.5, 0.6) is 0 Å². The summed E-state index contributed by atoms with van der Waals surface area (Å²) in [5.41, 5.74) is 0.829. The van der Waals surface area contributed by atoms with Crippen LogP contribution in [0.4, 0.5) is 0 Å². The first-order valence-corrected chi connectivity index (χ1v) is 7.49. The van der Waals surface area contributed by atoms with Crippen LogP contribution >= 0.6 is 0 Å². The Morgan fingerprint density at radius 3 is 2.81 bits per heavy atom. The SMILES string of the molecule is CCCn1nccc1C1C(C(=O)O)CC(=O)N1CC(C)C. The Kier molecular flexibility index (Phi) is 4.65. The molecule has 1 aliphatic rings. The van der Waals surface area contributed by atoms with Crippen LogP contribution in [0, 0.1) is 11.8 Å². The van der Waals surface area contributed by atoms with Gasteiger partial charge in [0.25, 0.3) is 0 Å². The molecule has 1 fully saturated rings. The Balaban J connectivity index is 2.39. The first-order chi connectivity index (χ1) is 9.95. The van der Waals surface area contributed by atoms with Crippen molar-refractivity contribution in [3.63, 3.8) is 0 Å². The number of nitrogens with zero attached hydrogens (tertiary/aromatic N) is 3. The summed E-state index contributed by atoms with van der Waals surface area (Å²) in [6, 6.07) is 1.42. The van der Waals surface area contributed by atoms with Gasteiger partial charge in [-0.25, -0.2) is 0 Å². The van der Waals surface area contributed by atoms with Gasteiger partial charge < -0.3 is 10.0 Å². The summed E-state index contributed by atoms with van der Waals surface area (Å²) in [5, 5.41) is 13.7. The van der Waals surface area contributed by atoms with Crippen molar-refractivity contribution in [2.24, 2.45) is 11.8 Å². The number of amides is 1. The molecule has 1 saturated heterocycles. The number of hydrogen-bond acceptors (Lipinski definition) is 3. The number of rotatable bonds is 6. The second-order valence-electron chi connectivity index (χ2n) is 6.01. The lowest BCUT2D eigenvalue weighted by Gasteiger charge is -2.29. The molecule has 1 aliphatic heterocycles. The lowest BCUT2D eigenvalue weighted by atomic mass is 9.97. The predicted molar refractivity (Wildman–Crippen MR) is 77.6 cm³/mol. The largest absolute Gasteiger partial charge is 0.481 e. The zero-order chi connectivity index (χ0) is 15.6. The predicted octanol–water partition coefficient (Wildman–Crippen LogP) is 1.92. The molecule has 1 aromatic heterocycles. The zero-order valence-corrected chi connectivity index (χ0v) is 12.8. The van der Waals surface area contributed by atoms with E-state index in [1.165, 1.54) is 0 Å². The lowest BCUT2D eigenvalue weighted by molar-refractivity contribution is -0.142. The number of carbonyl (C=O) groups excluding carboxylic acids is 1. The maximum Gasteiger partial charge on any atom is 0.309 e. The van der Waals surface area contributed by atoms with Crippen molar-refractivity contribution >= 4 is 11.9 Å². The molecule has 2 unspecified atom stereocenters. The van der Waals surface area contributed by atoms with Crippen LogP contribution in [0.15, 0.2) is 12.3 Å². The van der Waals surface area contributed by atoms with Gasteiger partial charge in [0.05, 0.1) is 17.7 Å². The number of hydrogen-bond donors (Lipinski definition) is 1. The monoisotopic (exact) mass is 293 g/mol. The fraction of sp³-hybridized carbons (Fsp3) is 0.667. The van der Waals surface area contributed by atoms with E-state index >= 15 is 0 Å². The van der Waals surface area contributed by atoms with Gasteiger partial charge in [0.15, 0.2) is 0 Å². The maximum absolute atomic E-state index is 12.2. The average molecular weight is 293 g/mol. The molecule has 116 valence electrons. The van der Waals surface area contributed by atoms with E-state index in [-0.39, 0.29) is 12.3 Å². The fourth-order valence-corrected chi connectivity index (χ4v) is 2.98. The molecule has 21 heavy (non-hydrogen) atoms. The fourth-order valence-electron chi connectivity index (χ4n) is 2.98. The van der Waals surface area contributed by atoms with Gasteiger partial charge in [-0.3, -0.25) is 14.3 Å². The highest BCUT2D eigenvalue weighted by molar-refractivity contribution is 5.87. The van der Waals surface area contributed by atoms with Crippen molar-refractivity contribution in [2.75, 3.05) is 6.54 Å². The normalized spacial score (nSPS) is 22.3. The number of aromatic nitrogens is 2. The molecule has 0 spiro atoms. The molecular weight excluding hydrogens is 270 g/mol. The molecule has 0 radical (unpaired) electrons. The molecule has 1 amide bonds. The number of carbonyl (C=O) groups is 2. The van der Waals surface area contributed by atoms with Crippen LogP contribution in [-0.4, -0.2) is 38.2 Å². The molecule has 0 aromatic carbocycles. The Morgan fingerprint density at radius 1 is 1.52 bits per heavy atom. The van der Waals surface area contributed by atoms with Crippen molar-refractivity contribution in [1.82, 2.24) is 14.7 Å². The molecule has 2 atom stereocenters. The van der Waals surface area contributed by atoms with E-state index in [0.29, 0.717) is 12.5 Å². The van der Waals surface area contributed by atoms with Gasteiger partial charge in [-0.2, -0.15) is 5.10 Å². The molecular formula is C15H23N3O3. The summed E-state index contributed by atoms with van der Waals surface area (Å²) < 4.78 is 1.83. The van der Waals surface area contributed by atoms with Gasteiger partial charge in [-0.05, 0) is 18.4 Å². The molecule has 0 bridgehead atoms. The minimum atomic E-state index is -0.913. The summed E-state index contributed by atoms with van der Waals surface area (Å²) >= 11 is 0. The second-order valence-corrected chi connectivity index (χ2v) is 6.01. The van der Waals surface area contributed by atoms with Crippen LogP contribution in [0.2, 0.25) is 0 Å². The van der Waals surface area contributed by atoms with E-state index < -0.39 is 17.9 Å². The Hall–Kier alpha value is -1.85. The molecule has 6 nitrogen and oxygen atoms in total. The van der Waals surface area contributed by atoms with Crippen LogP contribution in [0.1, 0.15) is 45.3 Å². The molecule has 2 rings (SSSR count). The van der Waals surface area contributed by atoms with E-state index in [2.05, 4.69) is 5.10 Å². The average Bonchev–Trinajstić information content (AvgIpc) is 2.95. The Bertz CT molecular complexity index is 524. The first kappa shape index (κ1) is 15.5. The molecule has 2 heterocycles. The summed E-state index contributed by atoms with van der Waals surface area (Å²) in [7, 11) is 0. The van der Waals surface area contributed by atoms with Gasteiger partial charge >= 0.3 is 5.97 Å². The van der Waals surface area contributed by atoms with Crippen LogP contribution in [-0.2, 0) is 16.1 Å². The lowest BCUT2D eigenvalue weighted by Crippen LogP contribution is -2.34. The highest BCUT2D eigenvalue weighted by Crippen LogP contribution is 2.38. The van der Waals surface area contributed by atoms with Crippen molar-refractivity contribution in [3.05, 3.63) is 18.0 Å². The van der Waals surface area contributed by atoms with Gasteiger partial charge in [-0.15, -0.1) is 0 Å². The Morgan fingerprint density at radius 2 is 2.24 bits per heavy atom. The molecule has 6 heteroatoms. The van der Waals surface area contributed by atoms with Crippen molar-refractivity contribution < 1.29 is 14.7 Å². The highest BCUT2D eigenvalue weighted by Gasteiger charge is 2.45. The summed E-state index contributed by atoms with van der Waals surface area (Å²) in [6.45, 7) is 7.41. The van der Waals surface area contributed by atoms with E-state index in [9.17, 15) is 14.7 Å². The standard InChI is InChI=1S/C15H23N3O3/c1-4-7-18-12(5-6-16-18)14-11(15(20)21)8-13(19)17(14)9-10(2)3/h5-6,10-11,14H,4,7-9H2,1-3H3,(H,20,21). The van der Waals surface area contributed by atoms with Crippen LogP contribution < -0.4 is 0 Å². The second kappa shape index (κ2) is 6.28. The van der Waals surface area contributed by atoms with E-state index in [0.717, 1.165) is 18.7 Å². The summed E-state index contributed by atoms with van der Waals surface area (Å²) in [4.78, 5) is 25.5. The number of likely N-dealkylation sites (tertiary alicyclic amines) is 1. The van der Waals surface area contributed by atoms with Crippen LogP contribution in [0.25, 0.3) is 0 Å². The summed E-state index contributed by atoms with van der Waals surface area (Å²) in [6.07, 6.45) is 2.67. The van der Waals surface area contributed by atoms with Gasteiger partial charge in [-0.1, -0.05) is 20.8 Å². The van der Waals surface area contributed by atoms with E-state index in [1.807, 2.05) is 31.5 Å². The molecule has 0 aliphatic carbocycles. The third-order valence-corrected chi connectivity index (χ3v) is 3.80. The maximum atomic E-state index is 12.2. The topological polar surface area (TPSA) is 75.4 Å². The molecule has 0 saturated carbocycles. The highest BCUT2D eigenvalue weighted by atomic mass is 16.4. The van der Waals surface area contributed by atoms with Crippen molar-refractivity contribution in [2.45, 2.75) is 46.2 Å². The quantitative estimate of drug-likeness (QED) is 0.869. The third kappa shape index (κ3) is 3.09. The number of aryl methyl sites for hydroxylation is 1. The Labute approximate surface area is 124 Å². The third-order valence-electron chi connectivity index (χ3n) is 3.80. The minimum absolute atomic E-state index is 0.0734. The van der Waals surface area contributed by atoms with Gasteiger partial charge in [0.2, 0.25) is 5.91 Å². The van der Waals surface area contributed by atoms with Crippen molar-refractivity contribution in [3.8, 4) is 0 Å². The first-order valence-electron chi connectivity index (χ1n) is 7.49. The molecule has 1 aromatic rings. The van der Waals surface area contributed by atoms with Gasteiger partial charge in [0, 0.05) is 25.7 Å². The zero-order valence-electron chi connectivity index (χ0n) is 12.8. The molecule has 1 N–H and O–H groups in total.